The van der Waals surface area contributed by atoms with Gasteiger partial charge in [-0.2, -0.15) is 0 Å². The first-order valence-corrected chi connectivity index (χ1v) is 7.09. The molecule has 0 saturated carbocycles. The van der Waals surface area contributed by atoms with E-state index in [0.717, 1.165) is 21.7 Å². The largest absolute Gasteiger partial charge is 0.492 e. The number of hydrogen-bond acceptors (Lipinski definition) is 4. The Labute approximate surface area is 115 Å². The van der Waals surface area contributed by atoms with Crippen molar-refractivity contribution in [1.29, 1.82) is 0 Å². The quantitative estimate of drug-likeness (QED) is 0.719. The maximum Gasteiger partial charge on any atom is 0.146 e. The van der Waals surface area contributed by atoms with E-state index in [2.05, 4.69) is 22.1 Å². The minimum Gasteiger partial charge on any atom is -0.492 e. The highest BCUT2D eigenvalue weighted by molar-refractivity contribution is 7.17. The molecule has 0 fully saturated rings. The van der Waals surface area contributed by atoms with Crippen LogP contribution in [0.25, 0.3) is 21.3 Å². The lowest BCUT2D eigenvalue weighted by molar-refractivity contribution is 0.344. The van der Waals surface area contributed by atoms with E-state index in [4.69, 9.17) is 4.74 Å². The molecule has 96 valence electrons. The van der Waals surface area contributed by atoms with Gasteiger partial charge in [0.15, 0.2) is 0 Å². The normalized spacial score (nSPS) is 10.8. The molecule has 0 N–H and O–H groups in total. The number of aryl methyl sites for hydroxylation is 1. The van der Waals surface area contributed by atoms with Gasteiger partial charge < -0.3 is 4.74 Å². The van der Waals surface area contributed by atoms with Crippen LogP contribution in [0.3, 0.4) is 0 Å². The summed E-state index contributed by atoms with van der Waals surface area (Å²) in [5, 5.41) is 0. The molecule has 0 radical (unpaired) electrons. The van der Waals surface area contributed by atoms with E-state index in [0.29, 0.717) is 6.61 Å². The Hall–Kier alpha value is -1.94. The topological polar surface area (TPSA) is 35.0 Å². The van der Waals surface area contributed by atoms with Gasteiger partial charge in [0, 0.05) is 17.5 Å². The highest BCUT2D eigenvalue weighted by Gasteiger charge is 2.11. The fourth-order valence-electron chi connectivity index (χ4n) is 2.14. The van der Waals surface area contributed by atoms with Crippen LogP contribution in [-0.4, -0.2) is 16.6 Å². The van der Waals surface area contributed by atoms with Gasteiger partial charge in [-0.15, -0.1) is 11.3 Å². The minimum atomic E-state index is 0.653. The Morgan fingerprint density at radius 1 is 1.21 bits per heavy atom. The summed E-state index contributed by atoms with van der Waals surface area (Å²) in [6, 6.07) is 8.22. The molecule has 0 bridgehead atoms. The van der Waals surface area contributed by atoms with Crippen LogP contribution in [0.15, 0.2) is 36.0 Å². The van der Waals surface area contributed by atoms with Gasteiger partial charge in [-0.05, 0) is 43.7 Å². The average molecular weight is 270 g/mol. The lowest BCUT2D eigenvalue weighted by atomic mass is 10.1. The molecule has 3 nitrogen and oxygen atoms in total. The van der Waals surface area contributed by atoms with Crippen molar-refractivity contribution in [3.8, 4) is 16.9 Å². The van der Waals surface area contributed by atoms with E-state index >= 15 is 0 Å². The van der Waals surface area contributed by atoms with Crippen molar-refractivity contribution < 1.29 is 4.74 Å². The summed E-state index contributed by atoms with van der Waals surface area (Å²) >= 11 is 1.64. The standard InChI is InChI=1S/C15H14N2OS/c1-3-18-13-5-4-12(15-14(13)17-9-19-15)11-6-7-16-10(2)8-11/h4-9H,3H2,1-2H3. The Bertz CT molecular complexity index is 721. The summed E-state index contributed by atoms with van der Waals surface area (Å²) in [4.78, 5) is 8.67. The predicted octanol–water partition coefficient (Wildman–Crippen LogP) is 4.07. The van der Waals surface area contributed by atoms with Gasteiger partial charge in [0.25, 0.3) is 0 Å². The highest BCUT2D eigenvalue weighted by atomic mass is 32.1. The lowest BCUT2D eigenvalue weighted by Crippen LogP contribution is -1.93. The van der Waals surface area contributed by atoms with Gasteiger partial charge in [0.2, 0.25) is 0 Å². The van der Waals surface area contributed by atoms with Gasteiger partial charge in [0.1, 0.15) is 11.3 Å². The monoisotopic (exact) mass is 270 g/mol. The van der Waals surface area contributed by atoms with Crippen LogP contribution in [0.4, 0.5) is 0 Å². The number of benzene rings is 1. The number of nitrogens with zero attached hydrogens (tertiary/aromatic N) is 2. The second kappa shape index (κ2) is 4.97. The molecule has 0 spiro atoms. The number of pyridine rings is 1. The van der Waals surface area contributed by atoms with E-state index in [9.17, 15) is 0 Å². The number of rotatable bonds is 3. The van der Waals surface area contributed by atoms with Crippen molar-refractivity contribution in [3.63, 3.8) is 0 Å². The van der Waals surface area contributed by atoms with Gasteiger partial charge >= 0.3 is 0 Å². The third-order valence-electron chi connectivity index (χ3n) is 2.95. The van der Waals surface area contributed by atoms with Crippen molar-refractivity contribution in [1.82, 2.24) is 9.97 Å². The molecule has 19 heavy (non-hydrogen) atoms. The molecule has 2 heterocycles. The first-order chi connectivity index (χ1) is 9.29. The van der Waals surface area contributed by atoms with Crippen LogP contribution >= 0.6 is 11.3 Å². The molecule has 2 aromatic heterocycles. The lowest BCUT2D eigenvalue weighted by Gasteiger charge is -2.08. The molecule has 0 atom stereocenters. The molecule has 0 saturated heterocycles. The SMILES string of the molecule is CCOc1ccc(-c2ccnc(C)c2)c2scnc12. The van der Waals surface area contributed by atoms with Crippen LogP contribution in [0.2, 0.25) is 0 Å². The van der Waals surface area contributed by atoms with Crippen LogP contribution in [0.1, 0.15) is 12.6 Å². The summed E-state index contributed by atoms with van der Waals surface area (Å²) in [5.74, 6) is 0.855. The second-order valence-electron chi connectivity index (χ2n) is 4.26. The summed E-state index contributed by atoms with van der Waals surface area (Å²) < 4.78 is 6.79. The summed E-state index contributed by atoms with van der Waals surface area (Å²) in [5.41, 5.74) is 6.18. The van der Waals surface area contributed by atoms with Crippen LogP contribution < -0.4 is 4.74 Å². The first kappa shape index (κ1) is 12.1. The molecule has 3 rings (SSSR count). The number of ether oxygens (including phenoxy) is 1. The molecular weight excluding hydrogens is 256 g/mol. The Kier molecular flexibility index (Phi) is 3.17. The average Bonchev–Trinajstić information content (AvgIpc) is 2.89. The van der Waals surface area contributed by atoms with E-state index in [1.807, 2.05) is 37.7 Å². The third kappa shape index (κ3) is 2.19. The Morgan fingerprint density at radius 3 is 2.89 bits per heavy atom. The maximum atomic E-state index is 5.62. The molecule has 0 aliphatic carbocycles. The zero-order valence-electron chi connectivity index (χ0n) is 10.9. The maximum absolute atomic E-state index is 5.62. The number of aromatic nitrogens is 2. The smallest absolute Gasteiger partial charge is 0.146 e. The van der Waals surface area contributed by atoms with E-state index in [1.54, 1.807) is 11.3 Å². The van der Waals surface area contributed by atoms with Crippen LogP contribution in [0.5, 0.6) is 5.75 Å². The Morgan fingerprint density at radius 2 is 2.11 bits per heavy atom. The fraction of sp³-hybridized carbons (Fsp3) is 0.200. The number of hydrogen-bond donors (Lipinski definition) is 0. The van der Waals surface area contributed by atoms with E-state index in [-0.39, 0.29) is 0 Å². The molecule has 0 amide bonds. The van der Waals surface area contributed by atoms with Crippen molar-refractivity contribution >= 4 is 21.6 Å². The summed E-state index contributed by atoms with van der Waals surface area (Å²) in [6.45, 7) is 4.64. The van der Waals surface area contributed by atoms with Crippen LogP contribution in [-0.2, 0) is 0 Å². The summed E-state index contributed by atoms with van der Waals surface area (Å²) in [6.07, 6.45) is 1.84. The highest BCUT2D eigenvalue weighted by Crippen LogP contribution is 2.36. The first-order valence-electron chi connectivity index (χ1n) is 6.21. The predicted molar refractivity (Wildman–Crippen MR) is 78.8 cm³/mol. The van der Waals surface area contributed by atoms with E-state index in [1.165, 1.54) is 11.1 Å². The molecule has 0 aliphatic rings. The van der Waals surface area contributed by atoms with E-state index < -0.39 is 0 Å². The van der Waals surface area contributed by atoms with Crippen molar-refractivity contribution in [2.75, 3.05) is 6.61 Å². The molecule has 4 heteroatoms. The molecule has 0 aliphatic heterocycles. The molecule has 3 aromatic rings. The molecular formula is C15H14N2OS. The van der Waals surface area contributed by atoms with Crippen molar-refractivity contribution in [2.45, 2.75) is 13.8 Å². The number of fused-ring (bicyclic) bond motifs is 1. The van der Waals surface area contributed by atoms with Gasteiger partial charge in [-0.1, -0.05) is 0 Å². The van der Waals surface area contributed by atoms with Crippen molar-refractivity contribution in [3.05, 3.63) is 41.7 Å². The van der Waals surface area contributed by atoms with Crippen LogP contribution in [0, 0.1) is 6.92 Å². The summed E-state index contributed by atoms with van der Waals surface area (Å²) in [7, 11) is 0. The minimum absolute atomic E-state index is 0.653. The second-order valence-corrected chi connectivity index (χ2v) is 5.12. The molecule has 0 unspecified atom stereocenters. The van der Waals surface area contributed by atoms with Gasteiger partial charge in [-0.3, -0.25) is 4.98 Å². The zero-order valence-corrected chi connectivity index (χ0v) is 11.7. The molecule has 1 aromatic carbocycles. The zero-order chi connectivity index (χ0) is 13.2. The van der Waals surface area contributed by atoms with Crippen molar-refractivity contribution in [2.24, 2.45) is 0 Å². The fourth-order valence-corrected chi connectivity index (χ4v) is 2.98. The number of thiazole rings is 1. The Balaban J connectivity index is 2.20. The van der Waals surface area contributed by atoms with Gasteiger partial charge in [0.05, 0.1) is 16.8 Å². The van der Waals surface area contributed by atoms with Gasteiger partial charge in [-0.25, -0.2) is 4.98 Å². The third-order valence-corrected chi connectivity index (χ3v) is 3.81.